The Hall–Kier alpha value is -0.790. The van der Waals surface area contributed by atoms with Gasteiger partial charge in [0.2, 0.25) is 0 Å². The van der Waals surface area contributed by atoms with Gasteiger partial charge in [-0.1, -0.05) is 35.9 Å². The lowest BCUT2D eigenvalue weighted by Gasteiger charge is -1.95. The van der Waals surface area contributed by atoms with E-state index in [9.17, 15) is 0 Å². The van der Waals surface area contributed by atoms with Crippen molar-refractivity contribution >= 4 is 17.7 Å². The summed E-state index contributed by atoms with van der Waals surface area (Å²) in [4.78, 5) is 0. The highest BCUT2D eigenvalue weighted by Gasteiger charge is 1.88. The first kappa shape index (κ1) is 9.30. The molecule has 1 aromatic rings. The highest BCUT2D eigenvalue weighted by molar-refractivity contribution is 6.30. The number of benzene rings is 1. The van der Waals surface area contributed by atoms with E-state index in [1.807, 2.05) is 43.3 Å². The minimum Gasteiger partial charge on any atom is -0.325 e. The first-order valence-corrected chi connectivity index (χ1v) is 4.25. The third-order valence-corrected chi connectivity index (χ3v) is 1.71. The van der Waals surface area contributed by atoms with Crippen LogP contribution in [0.3, 0.4) is 0 Å². The number of hydrogen-bond acceptors (Lipinski definition) is 1. The number of halogens is 1. The largest absolute Gasteiger partial charge is 0.325 e. The second-order valence-electron chi connectivity index (χ2n) is 2.77. The molecule has 0 unspecified atom stereocenters. The second-order valence-corrected chi connectivity index (χ2v) is 3.21. The maximum Gasteiger partial charge on any atom is 0.0406 e. The molecule has 0 aliphatic heterocycles. The Balaban J connectivity index is 2.71. The van der Waals surface area contributed by atoms with Crippen LogP contribution in [-0.4, -0.2) is 6.04 Å². The Morgan fingerprint density at radius 1 is 1.33 bits per heavy atom. The lowest BCUT2D eigenvalue weighted by atomic mass is 10.2. The van der Waals surface area contributed by atoms with Gasteiger partial charge in [-0.15, -0.1) is 0 Å². The zero-order valence-corrected chi connectivity index (χ0v) is 7.75. The van der Waals surface area contributed by atoms with Gasteiger partial charge in [0.1, 0.15) is 0 Å². The van der Waals surface area contributed by atoms with Crippen molar-refractivity contribution in [3.63, 3.8) is 0 Å². The fraction of sp³-hybridized carbons (Fsp3) is 0.200. The van der Waals surface area contributed by atoms with Crippen molar-refractivity contribution in [1.82, 2.24) is 0 Å². The molecular weight excluding hydrogens is 170 g/mol. The van der Waals surface area contributed by atoms with Gasteiger partial charge in [-0.3, -0.25) is 0 Å². The van der Waals surface area contributed by atoms with Crippen LogP contribution >= 0.6 is 11.6 Å². The molecule has 0 aliphatic rings. The quantitative estimate of drug-likeness (QED) is 0.746. The molecule has 1 atom stereocenters. The summed E-state index contributed by atoms with van der Waals surface area (Å²) < 4.78 is 0. The monoisotopic (exact) mass is 181 g/mol. The SMILES string of the molecule is C[C@@H](N)/C=C\c1ccc(Cl)cc1. The molecule has 12 heavy (non-hydrogen) atoms. The van der Waals surface area contributed by atoms with Gasteiger partial charge in [0.15, 0.2) is 0 Å². The van der Waals surface area contributed by atoms with Crippen LogP contribution in [0.5, 0.6) is 0 Å². The smallest absolute Gasteiger partial charge is 0.0406 e. The molecule has 0 amide bonds. The first-order valence-electron chi connectivity index (χ1n) is 3.88. The van der Waals surface area contributed by atoms with Crippen LogP contribution in [0.1, 0.15) is 12.5 Å². The van der Waals surface area contributed by atoms with Crippen LogP contribution in [0, 0.1) is 0 Å². The van der Waals surface area contributed by atoms with E-state index in [0.29, 0.717) is 0 Å². The van der Waals surface area contributed by atoms with Crippen LogP contribution in [0.4, 0.5) is 0 Å². The average molecular weight is 182 g/mol. The summed E-state index contributed by atoms with van der Waals surface area (Å²) in [7, 11) is 0. The highest BCUT2D eigenvalue weighted by atomic mass is 35.5. The van der Waals surface area contributed by atoms with Crippen molar-refractivity contribution in [3.8, 4) is 0 Å². The van der Waals surface area contributed by atoms with Crippen LogP contribution in [0.25, 0.3) is 6.08 Å². The minimum absolute atomic E-state index is 0.0979. The van der Waals surface area contributed by atoms with E-state index in [4.69, 9.17) is 17.3 Å². The van der Waals surface area contributed by atoms with Crippen molar-refractivity contribution in [2.75, 3.05) is 0 Å². The molecule has 0 aromatic heterocycles. The molecule has 0 spiro atoms. The van der Waals surface area contributed by atoms with E-state index in [0.717, 1.165) is 10.6 Å². The Labute approximate surface area is 77.8 Å². The molecule has 0 fully saturated rings. The van der Waals surface area contributed by atoms with Crippen molar-refractivity contribution in [1.29, 1.82) is 0 Å². The van der Waals surface area contributed by atoms with Gasteiger partial charge in [0.25, 0.3) is 0 Å². The fourth-order valence-electron chi connectivity index (χ4n) is 0.837. The van der Waals surface area contributed by atoms with E-state index in [2.05, 4.69) is 0 Å². The standard InChI is InChI=1S/C10H12ClN/c1-8(12)2-3-9-4-6-10(11)7-5-9/h2-8H,12H2,1H3/b3-2-/t8-/m1/s1. The zero-order chi connectivity index (χ0) is 8.97. The molecule has 1 nitrogen and oxygen atoms in total. The molecule has 1 rings (SSSR count). The molecule has 64 valence electrons. The van der Waals surface area contributed by atoms with Crippen molar-refractivity contribution in [2.45, 2.75) is 13.0 Å². The average Bonchev–Trinajstić information content (AvgIpc) is 2.03. The maximum atomic E-state index is 5.73. The lowest BCUT2D eigenvalue weighted by Crippen LogP contribution is -2.09. The Kier molecular flexibility index (Phi) is 3.32. The van der Waals surface area contributed by atoms with Crippen LogP contribution in [-0.2, 0) is 0 Å². The van der Waals surface area contributed by atoms with Gasteiger partial charge in [-0.05, 0) is 24.6 Å². The van der Waals surface area contributed by atoms with E-state index in [1.54, 1.807) is 0 Å². The van der Waals surface area contributed by atoms with E-state index < -0.39 is 0 Å². The fourth-order valence-corrected chi connectivity index (χ4v) is 0.963. The maximum absolute atomic E-state index is 5.73. The second kappa shape index (κ2) is 4.29. The van der Waals surface area contributed by atoms with Crippen LogP contribution in [0.15, 0.2) is 30.3 Å². The van der Waals surface area contributed by atoms with Crippen molar-refractivity contribution in [2.24, 2.45) is 5.73 Å². The van der Waals surface area contributed by atoms with Crippen LogP contribution < -0.4 is 5.73 Å². The summed E-state index contributed by atoms with van der Waals surface area (Å²) in [6, 6.07) is 7.74. The summed E-state index contributed by atoms with van der Waals surface area (Å²) >= 11 is 5.73. The van der Waals surface area contributed by atoms with Gasteiger partial charge >= 0.3 is 0 Å². The van der Waals surface area contributed by atoms with Gasteiger partial charge in [-0.25, -0.2) is 0 Å². The molecule has 2 N–H and O–H groups in total. The number of hydrogen-bond donors (Lipinski definition) is 1. The first-order chi connectivity index (χ1) is 5.68. The minimum atomic E-state index is 0.0979. The topological polar surface area (TPSA) is 26.0 Å². The predicted molar refractivity (Wildman–Crippen MR) is 54.1 cm³/mol. The van der Waals surface area contributed by atoms with Gasteiger partial charge in [-0.2, -0.15) is 0 Å². The van der Waals surface area contributed by atoms with Gasteiger partial charge < -0.3 is 5.73 Å². The van der Waals surface area contributed by atoms with Crippen LogP contribution in [0.2, 0.25) is 5.02 Å². The third kappa shape index (κ3) is 3.07. The molecule has 0 bridgehead atoms. The highest BCUT2D eigenvalue weighted by Crippen LogP contribution is 2.10. The Bertz CT molecular complexity index is 262. The summed E-state index contributed by atoms with van der Waals surface area (Å²) in [5, 5.41) is 0.757. The Morgan fingerprint density at radius 3 is 2.42 bits per heavy atom. The van der Waals surface area contributed by atoms with E-state index >= 15 is 0 Å². The molecule has 0 saturated heterocycles. The normalized spacial score (nSPS) is 13.6. The lowest BCUT2D eigenvalue weighted by molar-refractivity contribution is 0.931. The predicted octanol–water partition coefficient (Wildman–Crippen LogP) is 2.70. The summed E-state index contributed by atoms with van der Waals surface area (Å²) in [6.45, 7) is 1.94. The molecular formula is C10H12ClN. The summed E-state index contributed by atoms with van der Waals surface area (Å²) in [6.07, 6.45) is 3.93. The van der Waals surface area contributed by atoms with Gasteiger partial charge in [0.05, 0.1) is 0 Å². The van der Waals surface area contributed by atoms with Crippen molar-refractivity contribution < 1.29 is 0 Å². The van der Waals surface area contributed by atoms with E-state index in [1.165, 1.54) is 0 Å². The molecule has 2 heteroatoms. The number of nitrogens with two attached hydrogens (primary N) is 1. The van der Waals surface area contributed by atoms with Gasteiger partial charge in [0, 0.05) is 11.1 Å². The van der Waals surface area contributed by atoms with E-state index in [-0.39, 0.29) is 6.04 Å². The summed E-state index contributed by atoms with van der Waals surface area (Å²) in [5.41, 5.74) is 6.68. The molecule has 1 aromatic carbocycles. The molecule has 0 saturated carbocycles. The number of rotatable bonds is 2. The molecule has 0 heterocycles. The summed E-state index contributed by atoms with van der Waals surface area (Å²) in [5.74, 6) is 0. The molecule has 0 aliphatic carbocycles. The molecule has 0 radical (unpaired) electrons. The Morgan fingerprint density at radius 2 is 1.92 bits per heavy atom. The third-order valence-electron chi connectivity index (χ3n) is 1.46. The van der Waals surface area contributed by atoms with Crippen molar-refractivity contribution in [3.05, 3.63) is 40.9 Å². The zero-order valence-electron chi connectivity index (χ0n) is 7.00.